The fourth-order valence-corrected chi connectivity index (χ4v) is 2.45. The molecule has 0 aliphatic heterocycles. The molecule has 0 atom stereocenters. The average Bonchev–Trinajstić information content (AvgIpc) is 2.38. The Morgan fingerprint density at radius 3 is 2.29 bits per heavy atom. The minimum atomic E-state index is -3.79. The van der Waals surface area contributed by atoms with Gasteiger partial charge in [-0.05, 0) is 42.5 Å². The third kappa shape index (κ3) is 3.87. The van der Waals surface area contributed by atoms with Crippen LogP contribution in [0, 0.1) is 5.82 Å². The quantitative estimate of drug-likeness (QED) is 0.866. The van der Waals surface area contributed by atoms with Crippen molar-refractivity contribution < 1.29 is 17.6 Å². The topological polar surface area (TPSA) is 89.3 Å². The van der Waals surface area contributed by atoms with Crippen LogP contribution in [0.4, 0.5) is 10.1 Å². The summed E-state index contributed by atoms with van der Waals surface area (Å²) in [4.78, 5) is 11.8. The minimum Gasteiger partial charge on any atom is -0.322 e. The molecule has 110 valence electrons. The number of nitrogens with one attached hydrogen (secondary N) is 1. The van der Waals surface area contributed by atoms with E-state index in [4.69, 9.17) is 5.14 Å². The zero-order chi connectivity index (χ0) is 15.6. The van der Waals surface area contributed by atoms with Crippen molar-refractivity contribution in [2.75, 3.05) is 5.32 Å². The second kappa shape index (κ2) is 5.92. The smallest absolute Gasteiger partial charge is 0.258 e. The molecule has 2 rings (SSSR count). The molecule has 8 heteroatoms. The highest BCUT2D eigenvalue weighted by molar-refractivity contribution is 9.10. The molecule has 0 fully saturated rings. The summed E-state index contributed by atoms with van der Waals surface area (Å²) in [6, 6.07) is 9.31. The van der Waals surface area contributed by atoms with Gasteiger partial charge in [-0.25, -0.2) is 17.9 Å². The maximum atomic E-state index is 13.6. The Bertz CT molecular complexity index is 792. The molecule has 21 heavy (non-hydrogen) atoms. The molecule has 0 heterocycles. The Balaban J connectivity index is 2.20. The minimum absolute atomic E-state index is 0.0738. The van der Waals surface area contributed by atoms with Crippen molar-refractivity contribution in [3.8, 4) is 0 Å². The summed E-state index contributed by atoms with van der Waals surface area (Å²) in [5.74, 6) is -1.30. The van der Waals surface area contributed by atoms with E-state index in [9.17, 15) is 17.6 Å². The van der Waals surface area contributed by atoms with E-state index in [0.717, 1.165) is 0 Å². The summed E-state index contributed by atoms with van der Waals surface area (Å²) in [5.41, 5.74) is 0.212. The lowest BCUT2D eigenvalue weighted by atomic mass is 10.2. The molecule has 1 amide bonds. The number of benzene rings is 2. The molecule has 3 N–H and O–H groups in total. The number of sulfonamides is 1. The van der Waals surface area contributed by atoms with Gasteiger partial charge >= 0.3 is 0 Å². The lowest BCUT2D eigenvalue weighted by Crippen LogP contribution is -2.15. The van der Waals surface area contributed by atoms with E-state index in [0.29, 0.717) is 10.2 Å². The molecule has 2 aromatic rings. The molecule has 0 unspecified atom stereocenters. The largest absolute Gasteiger partial charge is 0.322 e. The standard InChI is InChI=1S/C13H10BrFN2O3S/c14-8-1-6-11(12(15)7-8)13(18)17-9-2-4-10(5-3-9)21(16,19)20/h1-7H,(H,17,18)(H2,16,19,20). The molecule has 0 saturated heterocycles. The van der Waals surface area contributed by atoms with Crippen LogP contribution in [0.5, 0.6) is 0 Å². The molecule has 0 radical (unpaired) electrons. The van der Waals surface area contributed by atoms with Crippen LogP contribution in [-0.2, 0) is 10.0 Å². The second-order valence-electron chi connectivity index (χ2n) is 4.15. The average molecular weight is 373 g/mol. The first-order chi connectivity index (χ1) is 9.77. The van der Waals surface area contributed by atoms with E-state index in [-0.39, 0.29) is 10.5 Å². The molecule has 2 aromatic carbocycles. The van der Waals surface area contributed by atoms with E-state index in [1.54, 1.807) is 6.07 Å². The summed E-state index contributed by atoms with van der Waals surface area (Å²) in [5, 5.41) is 7.43. The first-order valence-corrected chi connectivity index (χ1v) is 8.00. The van der Waals surface area contributed by atoms with E-state index in [1.807, 2.05) is 0 Å². The van der Waals surface area contributed by atoms with Crippen LogP contribution in [0.1, 0.15) is 10.4 Å². The predicted molar refractivity (Wildman–Crippen MR) is 79.9 cm³/mol. The van der Waals surface area contributed by atoms with Crippen molar-refractivity contribution in [1.29, 1.82) is 0 Å². The van der Waals surface area contributed by atoms with E-state index in [1.165, 1.54) is 36.4 Å². The van der Waals surface area contributed by atoms with Gasteiger partial charge in [0.05, 0.1) is 10.5 Å². The van der Waals surface area contributed by atoms with Crippen molar-refractivity contribution in [2.45, 2.75) is 4.90 Å². The fourth-order valence-electron chi connectivity index (χ4n) is 1.60. The van der Waals surface area contributed by atoms with Gasteiger partial charge in [0.15, 0.2) is 0 Å². The summed E-state index contributed by atoms with van der Waals surface area (Å²) in [6.07, 6.45) is 0. The zero-order valence-corrected chi connectivity index (χ0v) is 12.9. The number of nitrogens with two attached hydrogens (primary N) is 1. The van der Waals surface area contributed by atoms with Gasteiger partial charge in [0.25, 0.3) is 5.91 Å². The highest BCUT2D eigenvalue weighted by Crippen LogP contribution is 2.18. The van der Waals surface area contributed by atoms with Crippen LogP contribution < -0.4 is 10.5 Å². The monoisotopic (exact) mass is 372 g/mol. The van der Waals surface area contributed by atoms with Gasteiger partial charge in [-0.15, -0.1) is 0 Å². The summed E-state index contributed by atoms with van der Waals surface area (Å²) in [6.45, 7) is 0. The number of amides is 1. The van der Waals surface area contributed by atoms with Gasteiger partial charge in [-0.2, -0.15) is 0 Å². The Hall–Kier alpha value is -1.77. The number of hydrogen-bond donors (Lipinski definition) is 2. The first kappa shape index (κ1) is 15.6. The first-order valence-electron chi connectivity index (χ1n) is 5.66. The van der Waals surface area contributed by atoms with Gasteiger partial charge in [0, 0.05) is 10.2 Å². The van der Waals surface area contributed by atoms with Crippen molar-refractivity contribution in [1.82, 2.24) is 0 Å². The van der Waals surface area contributed by atoms with Crippen LogP contribution in [0.2, 0.25) is 0 Å². The van der Waals surface area contributed by atoms with Crippen LogP contribution >= 0.6 is 15.9 Å². The van der Waals surface area contributed by atoms with Crippen LogP contribution in [0.3, 0.4) is 0 Å². The van der Waals surface area contributed by atoms with Crippen molar-refractivity contribution in [2.24, 2.45) is 5.14 Å². The third-order valence-electron chi connectivity index (χ3n) is 2.62. The molecular formula is C13H10BrFN2O3S. The molecule has 0 aliphatic rings. The second-order valence-corrected chi connectivity index (χ2v) is 6.62. The number of carbonyl (C=O) groups is 1. The summed E-state index contributed by atoms with van der Waals surface area (Å²) < 4.78 is 36.4. The van der Waals surface area contributed by atoms with Crippen LogP contribution in [0.25, 0.3) is 0 Å². The highest BCUT2D eigenvalue weighted by atomic mass is 79.9. The maximum Gasteiger partial charge on any atom is 0.258 e. The van der Waals surface area contributed by atoms with Crippen LogP contribution in [0.15, 0.2) is 51.8 Å². The maximum absolute atomic E-state index is 13.6. The lowest BCUT2D eigenvalue weighted by Gasteiger charge is -2.07. The Kier molecular flexibility index (Phi) is 4.40. The van der Waals surface area contributed by atoms with E-state index in [2.05, 4.69) is 21.2 Å². The molecule has 5 nitrogen and oxygen atoms in total. The normalized spacial score (nSPS) is 11.2. The fraction of sp³-hybridized carbons (Fsp3) is 0. The molecule has 0 spiro atoms. The summed E-state index contributed by atoms with van der Waals surface area (Å²) >= 11 is 3.10. The SMILES string of the molecule is NS(=O)(=O)c1ccc(NC(=O)c2ccc(Br)cc2F)cc1. The van der Waals surface area contributed by atoms with Crippen LogP contribution in [-0.4, -0.2) is 14.3 Å². The zero-order valence-electron chi connectivity index (χ0n) is 10.5. The number of primary sulfonamides is 1. The number of hydrogen-bond acceptors (Lipinski definition) is 3. The number of halogens is 2. The van der Waals surface area contributed by atoms with E-state index >= 15 is 0 Å². The number of carbonyl (C=O) groups excluding carboxylic acids is 1. The molecule has 0 bridgehead atoms. The number of rotatable bonds is 3. The predicted octanol–water partition coefficient (Wildman–Crippen LogP) is 2.49. The van der Waals surface area contributed by atoms with Gasteiger partial charge < -0.3 is 5.32 Å². The Morgan fingerprint density at radius 2 is 1.76 bits per heavy atom. The van der Waals surface area contributed by atoms with Gasteiger partial charge in [0.1, 0.15) is 5.82 Å². The Morgan fingerprint density at radius 1 is 1.14 bits per heavy atom. The van der Waals surface area contributed by atoms with Gasteiger partial charge in [-0.3, -0.25) is 4.79 Å². The molecular weight excluding hydrogens is 363 g/mol. The van der Waals surface area contributed by atoms with Crippen molar-refractivity contribution in [3.05, 3.63) is 58.3 Å². The molecule has 0 aliphatic carbocycles. The van der Waals surface area contributed by atoms with Crippen molar-refractivity contribution in [3.63, 3.8) is 0 Å². The van der Waals surface area contributed by atoms with Gasteiger partial charge in [0.2, 0.25) is 10.0 Å². The highest BCUT2D eigenvalue weighted by Gasteiger charge is 2.13. The number of anilines is 1. The lowest BCUT2D eigenvalue weighted by molar-refractivity contribution is 0.102. The Labute approximate surface area is 129 Å². The molecule has 0 saturated carbocycles. The summed E-state index contributed by atoms with van der Waals surface area (Å²) in [7, 11) is -3.79. The third-order valence-corrected chi connectivity index (χ3v) is 4.04. The van der Waals surface area contributed by atoms with Gasteiger partial charge in [-0.1, -0.05) is 15.9 Å². The van der Waals surface area contributed by atoms with E-state index < -0.39 is 21.7 Å². The molecule has 0 aromatic heterocycles. The van der Waals surface area contributed by atoms with Crippen molar-refractivity contribution >= 4 is 37.5 Å².